The quantitative estimate of drug-likeness (QED) is 0.750. The Morgan fingerprint density at radius 3 is 2.47 bits per heavy atom. The first-order valence-corrected chi connectivity index (χ1v) is 7.44. The van der Waals surface area contributed by atoms with E-state index in [4.69, 9.17) is 5.73 Å². The molecule has 0 bridgehead atoms. The van der Waals surface area contributed by atoms with Gasteiger partial charge in [-0.05, 0) is 18.8 Å². The van der Waals surface area contributed by atoms with Crippen LogP contribution in [0.15, 0.2) is 0 Å². The molecule has 0 spiro atoms. The van der Waals surface area contributed by atoms with E-state index in [1.807, 2.05) is 6.92 Å². The van der Waals surface area contributed by atoms with Gasteiger partial charge in [0.1, 0.15) is 10.7 Å². The lowest BCUT2D eigenvalue weighted by Gasteiger charge is -2.16. The fourth-order valence-corrected chi connectivity index (χ4v) is 2.10. The fraction of sp³-hybridized carbons (Fsp3) is 0.692. The first-order chi connectivity index (χ1) is 8.81. The number of nitrogens with zero attached hydrogens (tertiary/aromatic N) is 1. The molecule has 1 unspecified atom stereocenters. The highest BCUT2D eigenvalue weighted by atomic mass is 32.1. The molecule has 4 N–H and O–H groups in total. The van der Waals surface area contributed by atoms with Gasteiger partial charge < -0.3 is 16.4 Å². The van der Waals surface area contributed by atoms with Gasteiger partial charge in [-0.3, -0.25) is 4.79 Å². The third kappa shape index (κ3) is 4.70. The SMILES string of the molecule is CC(C)CNc1nc(N)c(C(=O)NC(C)C(C)C)s1. The summed E-state index contributed by atoms with van der Waals surface area (Å²) in [7, 11) is 0. The predicted molar refractivity (Wildman–Crippen MR) is 81.6 cm³/mol. The minimum absolute atomic E-state index is 0.112. The molecule has 1 atom stereocenters. The number of hydrogen-bond donors (Lipinski definition) is 3. The summed E-state index contributed by atoms with van der Waals surface area (Å²) in [6, 6.07) is 0.112. The molecular formula is C13H24N4OS. The van der Waals surface area contributed by atoms with Crippen molar-refractivity contribution < 1.29 is 4.79 Å². The van der Waals surface area contributed by atoms with E-state index in [2.05, 4.69) is 43.3 Å². The van der Waals surface area contributed by atoms with Crippen LogP contribution in [0.5, 0.6) is 0 Å². The topological polar surface area (TPSA) is 80.0 Å². The molecule has 1 aromatic rings. The van der Waals surface area contributed by atoms with Crippen molar-refractivity contribution in [2.24, 2.45) is 11.8 Å². The number of hydrogen-bond acceptors (Lipinski definition) is 5. The van der Waals surface area contributed by atoms with Gasteiger partial charge >= 0.3 is 0 Å². The second-order valence-corrected chi connectivity index (χ2v) is 6.51. The number of rotatable bonds is 6. The second kappa shape index (κ2) is 6.75. The minimum Gasteiger partial charge on any atom is -0.382 e. The van der Waals surface area contributed by atoms with Crippen LogP contribution in [0.2, 0.25) is 0 Å². The molecule has 0 fully saturated rings. The van der Waals surface area contributed by atoms with E-state index >= 15 is 0 Å². The number of anilines is 2. The Labute approximate surface area is 119 Å². The van der Waals surface area contributed by atoms with Crippen molar-refractivity contribution in [2.45, 2.75) is 40.7 Å². The average Bonchev–Trinajstić information content (AvgIpc) is 2.67. The maximum absolute atomic E-state index is 12.1. The lowest BCUT2D eigenvalue weighted by Crippen LogP contribution is -2.35. The van der Waals surface area contributed by atoms with Crippen molar-refractivity contribution in [2.75, 3.05) is 17.6 Å². The molecule has 0 aliphatic heterocycles. The van der Waals surface area contributed by atoms with Gasteiger partial charge in [0.25, 0.3) is 5.91 Å². The zero-order valence-corrected chi connectivity index (χ0v) is 13.1. The maximum atomic E-state index is 12.1. The van der Waals surface area contributed by atoms with Crippen molar-refractivity contribution >= 4 is 28.2 Å². The number of nitrogen functional groups attached to an aromatic ring is 1. The van der Waals surface area contributed by atoms with Gasteiger partial charge in [-0.15, -0.1) is 0 Å². The molecule has 1 rings (SSSR count). The van der Waals surface area contributed by atoms with Gasteiger partial charge in [0, 0.05) is 12.6 Å². The van der Waals surface area contributed by atoms with Gasteiger partial charge in [-0.25, -0.2) is 4.98 Å². The third-order valence-corrected chi connectivity index (χ3v) is 3.91. The van der Waals surface area contributed by atoms with Crippen LogP contribution in [-0.4, -0.2) is 23.5 Å². The molecule has 1 aromatic heterocycles. The number of nitrogens with one attached hydrogen (secondary N) is 2. The molecule has 19 heavy (non-hydrogen) atoms. The number of carbonyl (C=O) groups excluding carboxylic acids is 1. The van der Waals surface area contributed by atoms with Crippen LogP contribution in [0, 0.1) is 11.8 Å². The van der Waals surface area contributed by atoms with Crippen LogP contribution in [-0.2, 0) is 0 Å². The number of aromatic nitrogens is 1. The van der Waals surface area contributed by atoms with E-state index in [-0.39, 0.29) is 11.9 Å². The summed E-state index contributed by atoms with van der Waals surface area (Å²) in [6.45, 7) is 11.2. The lowest BCUT2D eigenvalue weighted by molar-refractivity contribution is 0.0935. The number of amides is 1. The highest BCUT2D eigenvalue weighted by Gasteiger charge is 2.19. The third-order valence-electron chi connectivity index (χ3n) is 2.88. The predicted octanol–water partition coefficient (Wildman–Crippen LogP) is 2.57. The number of carbonyl (C=O) groups is 1. The summed E-state index contributed by atoms with van der Waals surface area (Å²) in [6.07, 6.45) is 0. The molecule has 0 radical (unpaired) electrons. The largest absolute Gasteiger partial charge is 0.382 e. The first-order valence-electron chi connectivity index (χ1n) is 6.62. The molecular weight excluding hydrogens is 260 g/mol. The Kier molecular flexibility index (Phi) is 5.60. The summed E-state index contributed by atoms with van der Waals surface area (Å²) in [5.41, 5.74) is 5.80. The molecule has 108 valence electrons. The Bertz CT molecular complexity index is 428. The molecule has 1 heterocycles. The first kappa shape index (κ1) is 15.8. The van der Waals surface area contributed by atoms with Gasteiger partial charge in [0.05, 0.1) is 0 Å². The van der Waals surface area contributed by atoms with E-state index in [0.717, 1.165) is 6.54 Å². The maximum Gasteiger partial charge on any atom is 0.265 e. The highest BCUT2D eigenvalue weighted by molar-refractivity contribution is 7.18. The van der Waals surface area contributed by atoms with E-state index in [1.54, 1.807) is 0 Å². The van der Waals surface area contributed by atoms with Crippen LogP contribution in [0.25, 0.3) is 0 Å². The molecule has 6 heteroatoms. The highest BCUT2D eigenvalue weighted by Crippen LogP contribution is 2.25. The molecule has 5 nitrogen and oxygen atoms in total. The zero-order chi connectivity index (χ0) is 14.6. The summed E-state index contributed by atoms with van der Waals surface area (Å²) < 4.78 is 0. The number of thiazole rings is 1. The lowest BCUT2D eigenvalue weighted by atomic mass is 10.1. The summed E-state index contributed by atoms with van der Waals surface area (Å²) in [5, 5.41) is 6.82. The summed E-state index contributed by atoms with van der Waals surface area (Å²) in [5.74, 6) is 1.05. The summed E-state index contributed by atoms with van der Waals surface area (Å²) in [4.78, 5) is 16.7. The van der Waals surface area contributed by atoms with Crippen LogP contribution in [0.3, 0.4) is 0 Å². The van der Waals surface area contributed by atoms with Gasteiger partial charge in [-0.2, -0.15) is 0 Å². The average molecular weight is 284 g/mol. The Balaban J connectivity index is 2.70. The van der Waals surface area contributed by atoms with Crippen LogP contribution in [0.4, 0.5) is 10.9 Å². The monoisotopic (exact) mass is 284 g/mol. The molecule has 1 amide bonds. The Morgan fingerprint density at radius 2 is 1.95 bits per heavy atom. The van der Waals surface area contributed by atoms with Gasteiger partial charge in [0.15, 0.2) is 5.13 Å². The van der Waals surface area contributed by atoms with E-state index in [9.17, 15) is 4.79 Å². The van der Waals surface area contributed by atoms with Crippen LogP contribution in [0.1, 0.15) is 44.3 Å². The Hall–Kier alpha value is -1.30. The standard InChI is InChI=1S/C13H24N4OS/c1-7(2)6-15-13-17-11(14)10(19-13)12(18)16-9(5)8(3)4/h7-9H,6,14H2,1-5H3,(H,15,17)(H,16,18). The molecule has 0 aliphatic rings. The molecule has 0 saturated heterocycles. The van der Waals surface area contributed by atoms with Crippen molar-refractivity contribution in [3.63, 3.8) is 0 Å². The molecule has 0 aliphatic carbocycles. The normalized spacial score (nSPS) is 12.8. The van der Waals surface area contributed by atoms with Crippen molar-refractivity contribution in [1.82, 2.24) is 10.3 Å². The van der Waals surface area contributed by atoms with Gasteiger partial charge in [-0.1, -0.05) is 39.0 Å². The smallest absolute Gasteiger partial charge is 0.265 e. The fourth-order valence-electron chi connectivity index (χ4n) is 1.30. The van der Waals surface area contributed by atoms with E-state index in [1.165, 1.54) is 11.3 Å². The van der Waals surface area contributed by atoms with Gasteiger partial charge in [0.2, 0.25) is 0 Å². The number of nitrogens with two attached hydrogens (primary N) is 1. The summed E-state index contributed by atoms with van der Waals surface area (Å²) >= 11 is 1.30. The van der Waals surface area contributed by atoms with Crippen LogP contribution >= 0.6 is 11.3 Å². The van der Waals surface area contributed by atoms with E-state index in [0.29, 0.717) is 27.7 Å². The zero-order valence-electron chi connectivity index (χ0n) is 12.3. The molecule has 0 saturated carbocycles. The Morgan fingerprint density at radius 1 is 1.32 bits per heavy atom. The molecule has 0 aromatic carbocycles. The minimum atomic E-state index is -0.145. The van der Waals surface area contributed by atoms with Crippen molar-refractivity contribution in [3.8, 4) is 0 Å². The second-order valence-electron chi connectivity index (χ2n) is 5.51. The van der Waals surface area contributed by atoms with E-state index < -0.39 is 0 Å². The van der Waals surface area contributed by atoms with Crippen molar-refractivity contribution in [3.05, 3.63) is 4.88 Å². The van der Waals surface area contributed by atoms with Crippen molar-refractivity contribution in [1.29, 1.82) is 0 Å². The van der Waals surface area contributed by atoms with Crippen LogP contribution < -0.4 is 16.4 Å².